The van der Waals surface area contributed by atoms with E-state index in [-0.39, 0.29) is 19.4 Å². The fourth-order valence-corrected chi connectivity index (χ4v) is 1.85. The number of nitriles is 1. The lowest BCUT2D eigenvalue weighted by atomic mass is 9.83. The average molecular weight is 261 g/mol. The van der Waals surface area contributed by atoms with E-state index in [1.807, 2.05) is 6.07 Å². The van der Waals surface area contributed by atoms with Crippen molar-refractivity contribution in [3.05, 3.63) is 0 Å². The molecule has 0 aromatic rings. The van der Waals surface area contributed by atoms with E-state index in [0.717, 1.165) is 0 Å². The maximum Gasteiger partial charge on any atom is 0.328 e. The van der Waals surface area contributed by atoms with Crippen molar-refractivity contribution in [3.63, 3.8) is 0 Å². The fraction of sp³-hybridized carbons (Fsp3) is 0.571. The summed E-state index contributed by atoms with van der Waals surface area (Å²) in [6, 6.07) is 1.98. The summed E-state index contributed by atoms with van der Waals surface area (Å²) in [5.74, 6) is 4.73. The van der Waals surface area contributed by atoms with Gasteiger partial charge in [-0.2, -0.15) is 5.26 Å². The van der Waals surface area contributed by atoms with E-state index < -0.39 is 19.5 Å². The summed E-state index contributed by atoms with van der Waals surface area (Å²) in [6.45, 7) is 8.22. The maximum absolute atomic E-state index is 11.8. The Morgan fingerprint density at radius 1 is 1.39 bits per heavy atom. The van der Waals surface area contributed by atoms with E-state index in [1.54, 1.807) is 6.92 Å². The number of hydrogen-bond acceptors (Lipinski definition) is 3. The Balaban J connectivity index is 5.11. The van der Waals surface area contributed by atoms with Gasteiger partial charge in [-0.25, -0.2) is 0 Å². The molecule has 96 valence electrons. The third kappa shape index (κ3) is 5.08. The van der Waals surface area contributed by atoms with Crippen LogP contribution in [0.5, 0.6) is 0 Å². The van der Waals surface area contributed by atoms with Crippen LogP contribution in [0.25, 0.3) is 0 Å². The number of rotatable bonds is 4. The zero-order valence-electron chi connectivity index (χ0n) is 11.5. The highest BCUT2D eigenvalue weighted by atomic mass is 28.3. The predicted octanol–water partition coefficient (Wildman–Crippen LogP) is 2.35. The van der Waals surface area contributed by atoms with E-state index in [0.29, 0.717) is 0 Å². The van der Waals surface area contributed by atoms with Gasteiger partial charge in [0.1, 0.15) is 8.07 Å². The van der Waals surface area contributed by atoms with Crippen LogP contribution in [0.1, 0.15) is 19.8 Å². The van der Waals surface area contributed by atoms with Crippen molar-refractivity contribution in [2.24, 2.45) is 5.41 Å². The van der Waals surface area contributed by atoms with Crippen molar-refractivity contribution in [1.29, 1.82) is 5.26 Å². The number of carbonyl (C=O) groups is 1. The SMILES string of the molecule is C#CCC(C#N)(CC#C[Si](C)(C)C)C(=O)OCC. The van der Waals surface area contributed by atoms with Crippen LogP contribution in [0, 0.1) is 40.6 Å². The van der Waals surface area contributed by atoms with Gasteiger partial charge in [-0.05, 0) is 6.92 Å². The van der Waals surface area contributed by atoms with Gasteiger partial charge in [-0.3, -0.25) is 4.79 Å². The van der Waals surface area contributed by atoms with Gasteiger partial charge in [0.25, 0.3) is 0 Å². The van der Waals surface area contributed by atoms with Crippen molar-refractivity contribution >= 4 is 14.0 Å². The van der Waals surface area contributed by atoms with E-state index in [2.05, 4.69) is 37.0 Å². The fourth-order valence-electron chi connectivity index (χ4n) is 1.24. The van der Waals surface area contributed by atoms with Crippen molar-refractivity contribution in [2.45, 2.75) is 39.4 Å². The van der Waals surface area contributed by atoms with Gasteiger partial charge in [0.2, 0.25) is 0 Å². The zero-order chi connectivity index (χ0) is 14.2. The molecule has 0 aromatic heterocycles. The van der Waals surface area contributed by atoms with Crippen LogP contribution in [0.3, 0.4) is 0 Å². The summed E-state index contributed by atoms with van der Waals surface area (Å²) in [7, 11) is -1.52. The number of esters is 1. The highest BCUT2D eigenvalue weighted by Crippen LogP contribution is 2.27. The van der Waals surface area contributed by atoms with Crippen LogP contribution < -0.4 is 0 Å². The molecule has 0 radical (unpaired) electrons. The minimum atomic E-state index is -1.52. The zero-order valence-corrected chi connectivity index (χ0v) is 12.5. The summed E-state index contributed by atoms with van der Waals surface area (Å²) < 4.78 is 4.92. The first-order chi connectivity index (χ1) is 8.31. The molecular formula is C14H19NO2Si. The van der Waals surface area contributed by atoms with Crippen molar-refractivity contribution in [2.75, 3.05) is 6.61 Å². The van der Waals surface area contributed by atoms with Crippen LogP contribution in [-0.4, -0.2) is 20.7 Å². The second kappa shape index (κ2) is 6.89. The normalized spacial score (nSPS) is 13.2. The van der Waals surface area contributed by atoms with Gasteiger partial charge in [0.05, 0.1) is 12.7 Å². The standard InChI is InChI=1S/C14H19NO2Si/c1-6-9-14(12-15,13(16)17-7-2)10-8-11-18(3,4)5/h1H,7,9-10H2,2-5H3. The average Bonchev–Trinajstić information content (AvgIpc) is 2.26. The molecule has 1 unspecified atom stereocenters. The molecular weight excluding hydrogens is 242 g/mol. The molecule has 0 bridgehead atoms. The molecule has 0 aliphatic rings. The van der Waals surface area contributed by atoms with Gasteiger partial charge < -0.3 is 4.74 Å². The molecule has 0 aliphatic carbocycles. The third-order valence-corrected chi connectivity index (χ3v) is 3.06. The maximum atomic E-state index is 11.8. The molecule has 0 saturated carbocycles. The Kier molecular flexibility index (Phi) is 6.24. The molecule has 0 amide bonds. The second-order valence-electron chi connectivity index (χ2n) is 5.02. The number of hydrogen-bond donors (Lipinski definition) is 0. The molecule has 0 rings (SSSR count). The summed E-state index contributed by atoms with van der Waals surface area (Å²) in [6.07, 6.45) is 5.40. The van der Waals surface area contributed by atoms with Gasteiger partial charge in [0.15, 0.2) is 5.41 Å². The van der Waals surface area contributed by atoms with Crippen molar-refractivity contribution < 1.29 is 9.53 Å². The number of carbonyl (C=O) groups excluding carboxylic acids is 1. The lowest BCUT2D eigenvalue weighted by Gasteiger charge is -2.19. The van der Waals surface area contributed by atoms with Gasteiger partial charge in [-0.1, -0.05) is 19.6 Å². The largest absolute Gasteiger partial charge is 0.465 e. The number of ether oxygens (including phenoxy) is 1. The van der Waals surface area contributed by atoms with E-state index >= 15 is 0 Å². The first kappa shape index (κ1) is 16.3. The molecule has 0 heterocycles. The van der Waals surface area contributed by atoms with Crippen LogP contribution in [-0.2, 0) is 9.53 Å². The first-order valence-electron chi connectivity index (χ1n) is 5.83. The summed E-state index contributed by atoms with van der Waals surface area (Å²) in [4.78, 5) is 11.8. The Morgan fingerprint density at radius 2 is 2.00 bits per heavy atom. The second-order valence-corrected chi connectivity index (χ2v) is 9.77. The minimum absolute atomic E-state index is 0.0305. The summed E-state index contributed by atoms with van der Waals surface area (Å²) in [5.41, 5.74) is 1.81. The molecule has 3 nitrogen and oxygen atoms in total. The lowest BCUT2D eigenvalue weighted by Crippen LogP contribution is -2.31. The van der Waals surface area contributed by atoms with Crippen LogP contribution in [0.2, 0.25) is 19.6 Å². The molecule has 0 fully saturated rings. The van der Waals surface area contributed by atoms with Crippen LogP contribution >= 0.6 is 0 Å². The highest BCUT2D eigenvalue weighted by Gasteiger charge is 2.39. The lowest BCUT2D eigenvalue weighted by molar-refractivity contribution is -0.151. The molecule has 0 aromatic carbocycles. The van der Waals surface area contributed by atoms with Gasteiger partial charge in [0, 0.05) is 12.8 Å². The predicted molar refractivity (Wildman–Crippen MR) is 73.9 cm³/mol. The van der Waals surface area contributed by atoms with Crippen LogP contribution in [0.4, 0.5) is 0 Å². The Morgan fingerprint density at radius 3 is 2.39 bits per heavy atom. The molecule has 0 aliphatic heterocycles. The Labute approximate surface area is 111 Å². The van der Waals surface area contributed by atoms with Crippen LogP contribution in [0.15, 0.2) is 0 Å². The quantitative estimate of drug-likeness (QED) is 0.443. The molecule has 18 heavy (non-hydrogen) atoms. The minimum Gasteiger partial charge on any atom is -0.465 e. The molecule has 0 saturated heterocycles. The molecule has 1 atom stereocenters. The summed E-state index contributed by atoms with van der Waals surface area (Å²) >= 11 is 0. The topological polar surface area (TPSA) is 50.1 Å². The molecule has 0 spiro atoms. The summed E-state index contributed by atoms with van der Waals surface area (Å²) in [5, 5.41) is 9.23. The molecule has 4 heteroatoms. The number of nitrogens with zero attached hydrogens (tertiary/aromatic N) is 1. The Hall–Kier alpha value is -1.70. The monoisotopic (exact) mass is 261 g/mol. The van der Waals surface area contributed by atoms with Crippen molar-refractivity contribution in [3.8, 4) is 29.9 Å². The first-order valence-corrected chi connectivity index (χ1v) is 9.33. The van der Waals surface area contributed by atoms with Crippen molar-refractivity contribution in [1.82, 2.24) is 0 Å². The van der Waals surface area contributed by atoms with Gasteiger partial charge in [-0.15, -0.1) is 23.8 Å². The van der Waals surface area contributed by atoms with E-state index in [9.17, 15) is 10.1 Å². The highest BCUT2D eigenvalue weighted by molar-refractivity contribution is 6.83. The van der Waals surface area contributed by atoms with E-state index in [4.69, 9.17) is 11.2 Å². The number of terminal acetylenes is 1. The smallest absolute Gasteiger partial charge is 0.328 e. The van der Waals surface area contributed by atoms with Gasteiger partial charge >= 0.3 is 5.97 Å². The Bertz CT molecular complexity index is 440. The van der Waals surface area contributed by atoms with E-state index in [1.165, 1.54) is 0 Å². The third-order valence-electron chi connectivity index (χ3n) is 2.14. The molecule has 0 N–H and O–H groups in total.